The van der Waals surface area contributed by atoms with E-state index in [9.17, 15) is 9.90 Å². The van der Waals surface area contributed by atoms with E-state index in [-0.39, 0.29) is 5.97 Å². The van der Waals surface area contributed by atoms with Gasteiger partial charge in [0.15, 0.2) is 0 Å². The molecule has 1 aliphatic heterocycles. The lowest BCUT2D eigenvalue weighted by atomic mass is 10.2. The molecular weight excluding hydrogens is 218 g/mol. The standard InChI is InChI=1S/C13H17NO3/c1-2-17-13(16)10-5-7-11(8-6-10)14-9-3-4-12(14)15/h5-8,12,15H,2-4,9H2,1H3. The number of hydrogen-bond donors (Lipinski definition) is 1. The minimum absolute atomic E-state index is 0.305. The molecule has 1 N–H and O–H groups in total. The Kier molecular flexibility index (Phi) is 3.64. The predicted molar refractivity (Wildman–Crippen MR) is 65.0 cm³/mol. The molecule has 0 bridgehead atoms. The van der Waals surface area contributed by atoms with Gasteiger partial charge in [-0.1, -0.05) is 0 Å². The van der Waals surface area contributed by atoms with Gasteiger partial charge in [0.25, 0.3) is 0 Å². The molecule has 1 aliphatic rings. The highest BCUT2D eigenvalue weighted by Gasteiger charge is 2.22. The summed E-state index contributed by atoms with van der Waals surface area (Å²) in [5.74, 6) is -0.305. The molecule has 0 radical (unpaired) electrons. The van der Waals surface area contributed by atoms with Crippen molar-refractivity contribution in [2.75, 3.05) is 18.1 Å². The van der Waals surface area contributed by atoms with Crippen LogP contribution in [0.15, 0.2) is 24.3 Å². The molecule has 4 heteroatoms. The van der Waals surface area contributed by atoms with Gasteiger partial charge in [0.05, 0.1) is 12.2 Å². The third kappa shape index (κ3) is 2.58. The zero-order valence-corrected chi connectivity index (χ0v) is 9.93. The number of carbonyl (C=O) groups excluding carboxylic acids is 1. The summed E-state index contributed by atoms with van der Waals surface area (Å²) in [6, 6.07) is 7.16. The zero-order valence-electron chi connectivity index (χ0n) is 9.93. The largest absolute Gasteiger partial charge is 0.462 e. The molecule has 1 unspecified atom stereocenters. The molecule has 4 nitrogen and oxygen atoms in total. The van der Waals surface area contributed by atoms with E-state index >= 15 is 0 Å². The number of aliphatic hydroxyl groups is 1. The summed E-state index contributed by atoms with van der Waals surface area (Å²) < 4.78 is 4.91. The van der Waals surface area contributed by atoms with Gasteiger partial charge >= 0.3 is 5.97 Å². The topological polar surface area (TPSA) is 49.8 Å². The first-order valence-corrected chi connectivity index (χ1v) is 5.94. The third-order valence-electron chi connectivity index (χ3n) is 2.93. The van der Waals surface area contributed by atoms with Crippen molar-refractivity contribution in [2.45, 2.75) is 26.0 Å². The highest BCUT2D eigenvalue weighted by Crippen LogP contribution is 2.24. The van der Waals surface area contributed by atoms with Crippen LogP contribution in [0.3, 0.4) is 0 Å². The van der Waals surface area contributed by atoms with E-state index in [1.807, 2.05) is 17.0 Å². The summed E-state index contributed by atoms with van der Waals surface area (Å²) in [6.45, 7) is 3.03. The van der Waals surface area contributed by atoms with Gasteiger partial charge in [0.1, 0.15) is 6.23 Å². The molecule has 17 heavy (non-hydrogen) atoms. The predicted octanol–water partition coefficient (Wildman–Crippen LogP) is 1.78. The number of benzene rings is 1. The van der Waals surface area contributed by atoms with Crippen molar-refractivity contribution in [2.24, 2.45) is 0 Å². The van der Waals surface area contributed by atoms with Crippen LogP contribution in [0.25, 0.3) is 0 Å². The Hall–Kier alpha value is -1.55. The van der Waals surface area contributed by atoms with Gasteiger partial charge in [-0.15, -0.1) is 0 Å². The average Bonchev–Trinajstić information content (AvgIpc) is 2.76. The Morgan fingerprint density at radius 2 is 2.18 bits per heavy atom. The number of rotatable bonds is 3. The molecule has 0 saturated carbocycles. The molecule has 1 aromatic carbocycles. The molecule has 1 saturated heterocycles. The van der Waals surface area contributed by atoms with Crippen LogP contribution in [-0.2, 0) is 4.74 Å². The minimum Gasteiger partial charge on any atom is -0.462 e. The first-order valence-electron chi connectivity index (χ1n) is 5.94. The van der Waals surface area contributed by atoms with Crippen molar-refractivity contribution in [3.8, 4) is 0 Å². The van der Waals surface area contributed by atoms with Gasteiger partial charge in [-0.2, -0.15) is 0 Å². The number of esters is 1. The molecule has 0 amide bonds. The van der Waals surface area contributed by atoms with E-state index in [2.05, 4.69) is 0 Å². The zero-order chi connectivity index (χ0) is 12.3. The normalized spacial score (nSPS) is 19.4. The summed E-state index contributed by atoms with van der Waals surface area (Å²) in [7, 11) is 0. The molecule has 2 rings (SSSR count). The maximum atomic E-state index is 11.5. The highest BCUT2D eigenvalue weighted by atomic mass is 16.5. The second kappa shape index (κ2) is 5.19. The molecule has 1 fully saturated rings. The van der Waals surface area contributed by atoms with E-state index < -0.39 is 6.23 Å². The van der Waals surface area contributed by atoms with Crippen molar-refractivity contribution in [3.05, 3.63) is 29.8 Å². The molecule has 0 spiro atoms. The van der Waals surface area contributed by atoms with Crippen molar-refractivity contribution in [1.82, 2.24) is 0 Å². The van der Waals surface area contributed by atoms with Gasteiger partial charge in [0, 0.05) is 12.2 Å². The van der Waals surface area contributed by atoms with Gasteiger partial charge < -0.3 is 14.7 Å². The first kappa shape index (κ1) is 11.9. The van der Waals surface area contributed by atoms with E-state index in [1.165, 1.54) is 0 Å². The van der Waals surface area contributed by atoms with Crippen LogP contribution in [0.4, 0.5) is 5.69 Å². The van der Waals surface area contributed by atoms with Gasteiger partial charge in [0.2, 0.25) is 0 Å². The Bertz CT molecular complexity index is 388. The fourth-order valence-electron chi connectivity index (χ4n) is 2.05. The summed E-state index contributed by atoms with van der Waals surface area (Å²) >= 11 is 0. The van der Waals surface area contributed by atoms with Crippen LogP contribution in [0, 0.1) is 0 Å². The van der Waals surface area contributed by atoms with Crippen molar-refractivity contribution < 1.29 is 14.6 Å². The Labute approximate surface area is 101 Å². The fraction of sp³-hybridized carbons (Fsp3) is 0.462. The second-order valence-corrected chi connectivity index (χ2v) is 4.08. The number of ether oxygens (including phenoxy) is 1. The first-order chi connectivity index (χ1) is 8.22. The van der Waals surface area contributed by atoms with E-state index in [4.69, 9.17) is 4.74 Å². The van der Waals surface area contributed by atoms with E-state index in [0.717, 1.165) is 25.1 Å². The number of anilines is 1. The number of aliphatic hydroxyl groups excluding tert-OH is 1. The number of nitrogens with zero attached hydrogens (tertiary/aromatic N) is 1. The van der Waals surface area contributed by atoms with E-state index in [1.54, 1.807) is 19.1 Å². The summed E-state index contributed by atoms with van der Waals surface area (Å²) in [6.07, 6.45) is 1.41. The molecule has 1 aromatic rings. The monoisotopic (exact) mass is 235 g/mol. The van der Waals surface area contributed by atoms with E-state index in [0.29, 0.717) is 12.2 Å². The molecule has 92 valence electrons. The average molecular weight is 235 g/mol. The molecule has 1 atom stereocenters. The van der Waals surface area contributed by atoms with Crippen molar-refractivity contribution in [1.29, 1.82) is 0 Å². The summed E-state index contributed by atoms with van der Waals surface area (Å²) in [4.78, 5) is 13.4. The van der Waals surface area contributed by atoms with Crippen LogP contribution in [-0.4, -0.2) is 30.5 Å². The van der Waals surface area contributed by atoms with Gasteiger partial charge in [-0.3, -0.25) is 0 Å². The second-order valence-electron chi connectivity index (χ2n) is 4.08. The summed E-state index contributed by atoms with van der Waals surface area (Å²) in [5, 5.41) is 9.74. The van der Waals surface area contributed by atoms with Gasteiger partial charge in [-0.25, -0.2) is 4.79 Å². The number of hydrogen-bond acceptors (Lipinski definition) is 4. The lowest BCUT2D eigenvalue weighted by Crippen LogP contribution is -2.28. The maximum Gasteiger partial charge on any atom is 0.338 e. The lowest BCUT2D eigenvalue weighted by Gasteiger charge is -2.22. The SMILES string of the molecule is CCOC(=O)c1ccc(N2CCCC2O)cc1. The molecule has 0 aromatic heterocycles. The molecule has 1 heterocycles. The fourth-order valence-corrected chi connectivity index (χ4v) is 2.05. The molecular formula is C13H17NO3. The van der Waals surface area contributed by atoms with Crippen LogP contribution in [0.5, 0.6) is 0 Å². The number of carbonyl (C=O) groups is 1. The smallest absolute Gasteiger partial charge is 0.338 e. The highest BCUT2D eigenvalue weighted by molar-refractivity contribution is 5.89. The maximum absolute atomic E-state index is 11.5. The minimum atomic E-state index is -0.400. The van der Waals surface area contributed by atoms with Crippen LogP contribution in [0.2, 0.25) is 0 Å². The Morgan fingerprint density at radius 1 is 1.47 bits per heavy atom. The van der Waals surface area contributed by atoms with Gasteiger partial charge in [-0.05, 0) is 44.0 Å². The van der Waals surface area contributed by atoms with Crippen molar-refractivity contribution in [3.63, 3.8) is 0 Å². The van der Waals surface area contributed by atoms with Crippen LogP contribution in [0.1, 0.15) is 30.1 Å². The van der Waals surface area contributed by atoms with Crippen molar-refractivity contribution >= 4 is 11.7 Å². The quantitative estimate of drug-likeness (QED) is 0.811. The lowest BCUT2D eigenvalue weighted by molar-refractivity contribution is 0.0526. The summed E-state index contributed by atoms with van der Waals surface area (Å²) in [5.41, 5.74) is 1.49. The Balaban J connectivity index is 2.10. The van der Waals surface area contributed by atoms with Crippen LogP contribution >= 0.6 is 0 Å². The third-order valence-corrected chi connectivity index (χ3v) is 2.93. The molecule has 0 aliphatic carbocycles. The van der Waals surface area contributed by atoms with Crippen LogP contribution < -0.4 is 4.90 Å². The Morgan fingerprint density at radius 3 is 2.71 bits per heavy atom.